The fourth-order valence-electron chi connectivity index (χ4n) is 2.33. The van der Waals surface area contributed by atoms with Gasteiger partial charge in [-0.05, 0) is 40.5 Å². The Morgan fingerprint density at radius 2 is 1.91 bits per heavy atom. The minimum Gasteiger partial charge on any atom is -0.497 e. The van der Waals surface area contributed by atoms with Gasteiger partial charge >= 0.3 is 0 Å². The molecule has 22 heavy (non-hydrogen) atoms. The maximum Gasteiger partial charge on any atom is 0.237 e. The molecular weight excluding hydrogens is 276 g/mol. The van der Waals surface area contributed by atoms with E-state index in [0.29, 0.717) is 6.54 Å². The van der Waals surface area contributed by atoms with E-state index in [9.17, 15) is 4.79 Å². The average molecular weight is 300 g/mol. The summed E-state index contributed by atoms with van der Waals surface area (Å²) in [6.07, 6.45) is 0.895. The van der Waals surface area contributed by atoms with Crippen molar-refractivity contribution in [2.45, 2.75) is 32.9 Å². The third-order valence-electron chi connectivity index (χ3n) is 4.14. The van der Waals surface area contributed by atoms with Gasteiger partial charge in [0.05, 0.1) is 13.2 Å². The van der Waals surface area contributed by atoms with Crippen molar-refractivity contribution in [3.63, 3.8) is 0 Å². The SMILES string of the molecule is CCC(C)C(N)C(=O)NCc1ccc2cc(OC)ccc2c1. The number of carbonyl (C=O) groups is 1. The van der Waals surface area contributed by atoms with E-state index < -0.39 is 6.04 Å². The topological polar surface area (TPSA) is 64.4 Å². The van der Waals surface area contributed by atoms with Crippen LogP contribution < -0.4 is 15.8 Å². The number of nitrogens with two attached hydrogens (primary N) is 1. The molecule has 0 bridgehead atoms. The Hall–Kier alpha value is -2.07. The number of amides is 1. The molecule has 0 heterocycles. The van der Waals surface area contributed by atoms with Gasteiger partial charge < -0.3 is 15.8 Å². The Kier molecular flexibility index (Phi) is 5.39. The zero-order valence-electron chi connectivity index (χ0n) is 13.4. The number of carbonyl (C=O) groups excluding carboxylic acids is 1. The van der Waals surface area contributed by atoms with Crippen molar-refractivity contribution >= 4 is 16.7 Å². The fourth-order valence-corrected chi connectivity index (χ4v) is 2.33. The van der Waals surface area contributed by atoms with E-state index in [0.717, 1.165) is 28.5 Å². The van der Waals surface area contributed by atoms with Crippen LogP contribution in [0.1, 0.15) is 25.8 Å². The first-order valence-corrected chi connectivity index (χ1v) is 7.65. The van der Waals surface area contributed by atoms with Crippen LogP contribution in [0.4, 0.5) is 0 Å². The number of nitrogens with one attached hydrogen (secondary N) is 1. The number of fused-ring (bicyclic) bond motifs is 1. The molecule has 1 amide bonds. The summed E-state index contributed by atoms with van der Waals surface area (Å²) >= 11 is 0. The van der Waals surface area contributed by atoms with Crippen molar-refractivity contribution in [2.24, 2.45) is 11.7 Å². The average Bonchev–Trinajstić information content (AvgIpc) is 2.57. The van der Waals surface area contributed by atoms with Crippen LogP contribution in [0.25, 0.3) is 10.8 Å². The van der Waals surface area contributed by atoms with E-state index in [-0.39, 0.29) is 11.8 Å². The van der Waals surface area contributed by atoms with Gasteiger partial charge in [0.25, 0.3) is 0 Å². The Labute approximate surface area is 131 Å². The van der Waals surface area contributed by atoms with E-state index >= 15 is 0 Å². The van der Waals surface area contributed by atoms with E-state index in [1.54, 1.807) is 7.11 Å². The van der Waals surface area contributed by atoms with Gasteiger partial charge in [-0.1, -0.05) is 38.5 Å². The number of benzene rings is 2. The fraction of sp³-hybridized carbons (Fsp3) is 0.389. The highest BCUT2D eigenvalue weighted by atomic mass is 16.5. The van der Waals surface area contributed by atoms with Crippen LogP contribution in [-0.4, -0.2) is 19.1 Å². The van der Waals surface area contributed by atoms with Gasteiger partial charge in [0.2, 0.25) is 5.91 Å². The molecule has 3 N–H and O–H groups in total. The first-order valence-electron chi connectivity index (χ1n) is 7.65. The van der Waals surface area contributed by atoms with Gasteiger partial charge in [0.1, 0.15) is 5.75 Å². The third-order valence-corrected chi connectivity index (χ3v) is 4.14. The predicted molar refractivity (Wildman–Crippen MR) is 89.8 cm³/mol. The monoisotopic (exact) mass is 300 g/mol. The molecular formula is C18H24N2O2. The molecule has 4 nitrogen and oxygen atoms in total. The van der Waals surface area contributed by atoms with Crippen LogP contribution in [0.2, 0.25) is 0 Å². The largest absolute Gasteiger partial charge is 0.497 e. The van der Waals surface area contributed by atoms with Gasteiger partial charge in [-0.25, -0.2) is 0 Å². The molecule has 0 saturated carbocycles. The van der Waals surface area contributed by atoms with Crippen molar-refractivity contribution in [1.29, 1.82) is 0 Å². The molecule has 0 saturated heterocycles. The normalized spacial score (nSPS) is 13.6. The van der Waals surface area contributed by atoms with Gasteiger partial charge in [0.15, 0.2) is 0 Å². The third kappa shape index (κ3) is 3.77. The summed E-state index contributed by atoms with van der Waals surface area (Å²) in [6.45, 7) is 4.52. The van der Waals surface area contributed by atoms with Crippen molar-refractivity contribution in [1.82, 2.24) is 5.32 Å². The van der Waals surface area contributed by atoms with Crippen LogP contribution in [-0.2, 0) is 11.3 Å². The summed E-state index contributed by atoms with van der Waals surface area (Å²) in [6, 6.07) is 11.6. The molecule has 0 aromatic heterocycles. The lowest BCUT2D eigenvalue weighted by molar-refractivity contribution is -0.123. The van der Waals surface area contributed by atoms with Crippen LogP contribution in [0.3, 0.4) is 0 Å². The summed E-state index contributed by atoms with van der Waals surface area (Å²) in [7, 11) is 1.66. The minimum absolute atomic E-state index is 0.0934. The second-order valence-corrected chi connectivity index (χ2v) is 5.68. The quantitative estimate of drug-likeness (QED) is 0.862. The lowest BCUT2D eigenvalue weighted by Crippen LogP contribution is -2.44. The Morgan fingerprint density at radius 3 is 2.59 bits per heavy atom. The van der Waals surface area contributed by atoms with Crippen LogP contribution in [0, 0.1) is 5.92 Å². The van der Waals surface area contributed by atoms with E-state index in [1.165, 1.54) is 0 Å². The van der Waals surface area contributed by atoms with E-state index in [1.807, 2.05) is 44.2 Å². The number of methoxy groups -OCH3 is 1. The Morgan fingerprint density at radius 1 is 1.23 bits per heavy atom. The van der Waals surface area contributed by atoms with E-state index in [2.05, 4.69) is 11.4 Å². The Balaban J connectivity index is 2.04. The zero-order valence-corrected chi connectivity index (χ0v) is 13.4. The lowest BCUT2D eigenvalue weighted by Gasteiger charge is -2.17. The van der Waals surface area contributed by atoms with Gasteiger partial charge in [-0.3, -0.25) is 4.79 Å². The number of rotatable bonds is 6. The highest BCUT2D eigenvalue weighted by Gasteiger charge is 2.18. The molecule has 0 aliphatic heterocycles. The molecule has 0 aliphatic rings. The van der Waals surface area contributed by atoms with Crippen LogP contribution >= 0.6 is 0 Å². The highest BCUT2D eigenvalue weighted by molar-refractivity contribution is 5.85. The van der Waals surface area contributed by atoms with Gasteiger partial charge in [-0.15, -0.1) is 0 Å². The summed E-state index contributed by atoms with van der Waals surface area (Å²) in [5.74, 6) is 0.932. The minimum atomic E-state index is -0.449. The number of hydrogen-bond donors (Lipinski definition) is 2. The first kappa shape index (κ1) is 16.3. The molecule has 0 spiro atoms. The number of hydrogen-bond acceptors (Lipinski definition) is 3. The first-order chi connectivity index (χ1) is 10.5. The van der Waals surface area contributed by atoms with Gasteiger partial charge in [-0.2, -0.15) is 0 Å². The molecule has 0 radical (unpaired) electrons. The molecule has 0 aliphatic carbocycles. The highest BCUT2D eigenvalue weighted by Crippen LogP contribution is 2.21. The summed E-state index contributed by atoms with van der Waals surface area (Å²) in [4.78, 5) is 12.0. The second kappa shape index (κ2) is 7.27. The smallest absolute Gasteiger partial charge is 0.237 e. The van der Waals surface area contributed by atoms with E-state index in [4.69, 9.17) is 10.5 Å². The zero-order chi connectivity index (χ0) is 16.1. The van der Waals surface area contributed by atoms with Crippen molar-refractivity contribution in [3.8, 4) is 5.75 Å². The summed E-state index contributed by atoms with van der Waals surface area (Å²) < 4.78 is 5.22. The molecule has 2 aromatic carbocycles. The van der Waals surface area contributed by atoms with Gasteiger partial charge in [0, 0.05) is 6.54 Å². The molecule has 2 rings (SSSR count). The number of ether oxygens (including phenoxy) is 1. The van der Waals surface area contributed by atoms with Crippen molar-refractivity contribution < 1.29 is 9.53 Å². The Bertz CT molecular complexity index is 655. The molecule has 2 unspecified atom stereocenters. The lowest BCUT2D eigenvalue weighted by atomic mass is 9.99. The molecule has 0 fully saturated rings. The van der Waals surface area contributed by atoms with Crippen molar-refractivity contribution in [3.05, 3.63) is 42.0 Å². The van der Waals surface area contributed by atoms with Crippen LogP contribution in [0.5, 0.6) is 5.75 Å². The van der Waals surface area contributed by atoms with Crippen LogP contribution in [0.15, 0.2) is 36.4 Å². The van der Waals surface area contributed by atoms with Crippen molar-refractivity contribution in [2.75, 3.05) is 7.11 Å². The molecule has 2 atom stereocenters. The summed E-state index contributed by atoms with van der Waals surface area (Å²) in [5.41, 5.74) is 6.99. The summed E-state index contributed by atoms with van der Waals surface area (Å²) in [5, 5.41) is 5.15. The standard InChI is InChI=1S/C18H24N2O2/c1-4-12(2)17(19)18(21)20-11-13-5-6-15-10-16(22-3)8-7-14(15)9-13/h5-10,12,17H,4,11,19H2,1-3H3,(H,20,21). The molecule has 118 valence electrons. The molecule has 2 aromatic rings. The maximum absolute atomic E-state index is 12.0. The predicted octanol–water partition coefficient (Wildman–Crippen LogP) is 2.84. The maximum atomic E-state index is 12.0. The molecule has 4 heteroatoms. The second-order valence-electron chi connectivity index (χ2n) is 5.68.